The van der Waals surface area contributed by atoms with Gasteiger partial charge < -0.3 is 50.1 Å². The average Bonchev–Trinajstić information content (AvgIpc) is 3.19. The quantitative estimate of drug-likeness (QED) is 0.0461. The van der Waals surface area contributed by atoms with Crippen LogP contribution in [0.15, 0.2) is 35.3 Å². The van der Waals surface area contributed by atoms with E-state index in [1.807, 2.05) is 19.1 Å². The lowest BCUT2D eigenvalue weighted by molar-refractivity contribution is -0.122. The number of nitrogens with zero attached hydrogens (tertiary/aromatic N) is 3. The number of anilines is 2. The summed E-state index contributed by atoms with van der Waals surface area (Å²) in [7, 11) is 1.59. The second kappa shape index (κ2) is 27.1. The van der Waals surface area contributed by atoms with Crippen LogP contribution in [0, 0.1) is 5.92 Å². The maximum Gasteiger partial charge on any atom is 0.280 e. The molecule has 0 aliphatic carbocycles. The van der Waals surface area contributed by atoms with Crippen LogP contribution in [-0.2, 0) is 44.6 Å². The van der Waals surface area contributed by atoms with Crippen molar-refractivity contribution in [3.05, 3.63) is 52.1 Å². The summed E-state index contributed by atoms with van der Waals surface area (Å²) in [6.07, 6.45) is 4.01. The van der Waals surface area contributed by atoms with E-state index in [2.05, 4.69) is 35.9 Å². The molecular formula is C37H56N8O10. The lowest BCUT2D eigenvalue weighted by Gasteiger charge is -2.12. The molecule has 6 N–H and O–H groups in total. The third-order valence-electron chi connectivity index (χ3n) is 8.08. The second-order valence-electron chi connectivity index (χ2n) is 12.5. The molecule has 3 aromatic rings. The van der Waals surface area contributed by atoms with Crippen molar-refractivity contribution in [2.45, 2.75) is 45.6 Å². The minimum Gasteiger partial charge on any atom is -0.379 e. The van der Waals surface area contributed by atoms with E-state index in [0.29, 0.717) is 136 Å². The van der Waals surface area contributed by atoms with Crippen LogP contribution in [0.3, 0.4) is 0 Å². The molecule has 55 heavy (non-hydrogen) atoms. The molecule has 2 heterocycles. The molecule has 18 heteroatoms. The number of hydrogen-bond acceptors (Lipinski definition) is 15. The molecule has 1 aromatic carbocycles. The van der Waals surface area contributed by atoms with Gasteiger partial charge in [-0.3, -0.25) is 24.2 Å². The Morgan fingerprint density at radius 1 is 0.745 bits per heavy atom. The van der Waals surface area contributed by atoms with Gasteiger partial charge in [0.15, 0.2) is 16.9 Å². The van der Waals surface area contributed by atoms with Crippen molar-refractivity contribution in [3.8, 4) is 0 Å². The summed E-state index contributed by atoms with van der Waals surface area (Å²) in [5, 5.41) is 8.61. The Balaban J connectivity index is 1.09. The van der Waals surface area contributed by atoms with Crippen LogP contribution in [0.25, 0.3) is 11.2 Å². The minimum absolute atomic E-state index is 0.0170. The highest BCUT2D eigenvalue weighted by molar-refractivity contribution is 5.96. The van der Waals surface area contributed by atoms with Gasteiger partial charge in [-0.1, -0.05) is 6.92 Å². The first-order chi connectivity index (χ1) is 26.7. The Labute approximate surface area is 320 Å². The molecule has 18 nitrogen and oxygen atoms in total. The Kier molecular flexibility index (Phi) is 22.0. The van der Waals surface area contributed by atoms with Gasteiger partial charge in [-0.25, -0.2) is 9.97 Å². The number of carbonyl (C=O) groups excluding carboxylic acids is 3. The number of fused-ring (bicyclic) bond motifs is 1. The number of rotatable bonds is 31. The molecule has 0 aliphatic rings. The van der Waals surface area contributed by atoms with Gasteiger partial charge in [0.25, 0.3) is 5.56 Å². The van der Waals surface area contributed by atoms with Gasteiger partial charge in [-0.2, -0.15) is 4.98 Å². The molecular weight excluding hydrogens is 716 g/mol. The first-order valence-corrected chi connectivity index (χ1v) is 18.6. The molecule has 0 radical (unpaired) electrons. The monoisotopic (exact) mass is 772 g/mol. The van der Waals surface area contributed by atoms with Gasteiger partial charge >= 0.3 is 0 Å². The Bertz CT molecular complexity index is 1630. The highest BCUT2D eigenvalue weighted by Crippen LogP contribution is 2.17. The maximum atomic E-state index is 12.8. The van der Waals surface area contributed by atoms with Gasteiger partial charge in [-0.15, -0.1) is 0 Å². The van der Waals surface area contributed by atoms with E-state index in [9.17, 15) is 19.2 Å². The normalized spacial score (nSPS) is 11.7. The number of amides is 2. The number of aromatic amines is 1. The Morgan fingerprint density at radius 3 is 1.91 bits per heavy atom. The number of ketones is 1. The molecule has 2 amide bonds. The van der Waals surface area contributed by atoms with Crippen LogP contribution in [0.2, 0.25) is 0 Å². The van der Waals surface area contributed by atoms with E-state index >= 15 is 0 Å². The third-order valence-corrected chi connectivity index (χ3v) is 8.08. The van der Waals surface area contributed by atoms with Gasteiger partial charge in [0, 0.05) is 44.1 Å². The third kappa shape index (κ3) is 19.5. The van der Waals surface area contributed by atoms with E-state index in [0.717, 1.165) is 5.69 Å². The zero-order chi connectivity index (χ0) is 39.5. The number of nitrogen functional groups attached to an aromatic ring is 1. The predicted molar refractivity (Wildman–Crippen MR) is 205 cm³/mol. The molecule has 0 saturated heterocycles. The number of hydrogen-bond donors (Lipinski definition) is 5. The molecule has 0 bridgehead atoms. The van der Waals surface area contributed by atoms with Gasteiger partial charge in [0.05, 0.1) is 97.7 Å². The number of nitrogens with one attached hydrogen (secondary N) is 4. The van der Waals surface area contributed by atoms with Crippen LogP contribution in [-0.4, -0.2) is 130 Å². The topological polar surface area (TPSA) is 240 Å². The molecule has 0 fully saturated rings. The molecule has 2 aromatic heterocycles. The summed E-state index contributed by atoms with van der Waals surface area (Å²) in [6, 6.07) is 7.18. The zero-order valence-electron chi connectivity index (χ0n) is 31.9. The van der Waals surface area contributed by atoms with Crippen LogP contribution in [0.4, 0.5) is 11.6 Å². The summed E-state index contributed by atoms with van der Waals surface area (Å²) in [5.74, 6) is 0.149. The van der Waals surface area contributed by atoms with Crippen molar-refractivity contribution >= 4 is 40.4 Å². The number of carbonyl (C=O) groups is 3. The SMILES string of the molecule is CNC(=O)CCOCCOCCOCCOCCOCCOCCNC(=O)CC[C@@H](C)CCC(=O)c1ccc(NCc2cnc3nc(N)[nH]c(=O)c3n2)cc1. The summed E-state index contributed by atoms with van der Waals surface area (Å²) in [6.45, 7) is 8.02. The number of ether oxygens (including phenoxy) is 6. The van der Waals surface area contributed by atoms with Crippen molar-refractivity contribution in [2.24, 2.45) is 5.92 Å². The van der Waals surface area contributed by atoms with E-state index in [1.165, 1.54) is 6.20 Å². The van der Waals surface area contributed by atoms with Gasteiger partial charge in [0.1, 0.15) is 0 Å². The first-order valence-electron chi connectivity index (χ1n) is 18.6. The fraction of sp³-hybridized carbons (Fsp3) is 0.595. The molecule has 0 saturated carbocycles. The molecule has 0 unspecified atom stereocenters. The summed E-state index contributed by atoms with van der Waals surface area (Å²) < 4.78 is 32.6. The van der Waals surface area contributed by atoms with Crippen molar-refractivity contribution in [1.29, 1.82) is 0 Å². The van der Waals surface area contributed by atoms with E-state index in [-0.39, 0.29) is 40.6 Å². The second-order valence-corrected chi connectivity index (χ2v) is 12.5. The minimum atomic E-state index is -0.452. The van der Waals surface area contributed by atoms with Crippen molar-refractivity contribution in [3.63, 3.8) is 0 Å². The molecule has 3 rings (SSSR count). The van der Waals surface area contributed by atoms with Crippen LogP contribution < -0.4 is 27.2 Å². The number of H-pyrrole nitrogens is 1. The fourth-order valence-corrected chi connectivity index (χ4v) is 4.91. The molecule has 1 atom stereocenters. The summed E-state index contributed by atoms with van der Waals surface area (Å²) in [5.41, 5.74) is 7.35. The predicted octanol–water partition coefficient (Wildman–Crippen LogP) is 1.64. The smallest absolute Gasteiger partial charge is 0.280 e. The van der Waals surface area contributed by atoms with E-state index < -0.39 is 5.56 Å². The number of aromatic nitrogens is 4. The maximum absolute atomic E-state index is 12.8. The standard InChI is InChI=1S/C37H56N8O10/c1-27(3-9-31(46)28-5-7-29(8-6-28)41-25-30-26-42-35-34(43-30)36(49)45-37(38)44-35)4-10-33(48)40-12-14-51-16-18-53-20-22-55-24-23-54-21-19-52-17-15-50-13-11-32(47)39-2/h5-8,26-27,41H,3-4,9-25H2,1-2H3,(H,39,47)(H,40,48)(H3,38,42,44,45,49)/t27-/m0/s1. The largest absolute Gasteiger partial charge is 0.379 e. The molecule has 304 valence electrons. The van der Waals surface area contributed by atoms with Gasteiger partial charge in [0.2, 0.25) is 17.8 Å². The summed E-state index contributed by atoms with van der Waals surface area (Å²) in [4.78, 5) is 63.0. The molecule has 0 aliphatic heterocycles. The Morgan fingerprint density at radius 2 is 1.31 bits per heavy atom. The fourth-order valence-electron chi connectivity index (χ4n) is 4.91. The Hall–Kier alpha value is -4.59. The van der Waals surface area contributed by atoms with Crippen molar-refractivity contribution in [1.82, 2.24) is 30.6 Å². The van der Waals surface area contributed by atoms with Crippen LogP contribution >= 0.6 is 0 Å². The van der Waals surface area contributed by atoms with E-state index in [4.69, 9.17) is 34.2 Å². The number of benzene rings is 1. The highest BCUT2D eigenvalue weighted by atomic mass is 16.6. The lowest BCUT2D eigenvalue weighted by atomic mass is 9.96. The van der Waals surface area contributed by atoms with Crippen molar-refractivity contribution in [2.75, 3.05) is 104 Å². The van der Waals surface area contributed by atoms with Crippen LogP contribution in [0.5, 0.6) is 0 Å². The van der Waals surface area contributed by atoms with Crippen molar-refractivity contribution < 1.29 is 42.8 Å². The van der Waals surface area contributed by atoms with E-state index in [1.54, 1.807) is 19.2 Å². The van der Waals surface area contributed by atoms with Gasteiger partial charge in [-0.05, 0) is 43.0 Å². The average molecular weight is 773 g/mol. The van der Waals surface area contributed by atoms with Crippen LogP contribution in [0.1, 0.15) is 55.1 Å². The summed E-state index contributed by atoms with van der Waals surface area (Å²) >= 11 is 0. The zero-order valence-corrected chi connectivity index (χ0v) is 31.9. The number of Topliss-reactive ketones (excluding diaryl/α,β-unsaturated/α-hetero) is 1. The first kappa shape index (κ1) is 44.8. The number of nitrogens with two attached hydrogens (primary N) is 1. The molecule has 0 spiro atoms. The highest BCUT2D eigenvalue weighted by Gasteiger charge is 2.12. The lowest BCUT2D eigenvalue weighted by Crippen LogP contribution is -2.27.